The first kappa shape index (κ1) is 16.1. The first-order chi connectivity index (χ1) is 12.1. The number of ether oxygens (including phenoxy) is 2. The van der Waals surface area contributed by atoms with Gasteiger partial charge in [-0.05, 0) is 29.8 Å². The molecule has 1 N–H and O–H groups in total. The largest absolute Gasteiger partial charge is 0.454 e. The number of fused-ring (bicyclic) bond motifs is 1. The van der Waals surface area contributed by atoms with Gasteiger partial charge in [-0.15, -0.1) is 0 Å². The van der Waals surface area contributed by atoms with Crippen LogP contribution in [0.1, 0.15) is 5.56 Å². The van der Waals surface area contributed by atoms with Gasteiger partial charge in [-0.3, -0.25) is 0 Å². The molecule has 5 nitrogen and oxygen atoms in total. The predicted octanol–water partition coefficient (Wildman–Crippen LogP) is 4.73. The van der Waals surface area contributed by atoms with Crippen molar-refractivity contribution >= 4 is 29.2 Å². The highest BCUT2D eigenvalue weighted by Crippen LogP contribution is 2.36. The molecule has 2 heterocycles. The molecular formula is C18H15Cl2N3O2. The number of nitrogens with one attached hydrogen (secondary N) is 1. The maximum atomic E-state index is 6.23. The summed E-state index contributed by atoms with van der Waals surface area (Å²) in [7, 11) is 1.95. The zero-order valence-corrected chi connectivity index (χ0v) is 14.9. The van der Waals surface area contributed by atoms with Crippen molar-refractivity contribution in [3.05, 3.63) is 58.2 Å². The number of imidazole rings is 1. The van der Waals surface area contributed by atoms with E-state index in [0.29, 0.717) is 16.6 Å². The molecule has 0 saturated carbocycles. The standard InChI is InChI=1S/C18H15Cl2N3O2/c1-23-14(11-5-6-15-16(7-11)25-10-24-15)9-22-18(23)21-8-12-3-2-4-13(19)17(12)20/h2-7,9H,8,10H2,1H3,(H,21,22). The quantitative estimate of drug-likeness (QED) is 0.715. The van der Waals surface area contributed by atoms with Gasteiger partial charge in [0.1, 0.15) is 0 Å². The van der Waals surface area contributed by atoms with Crippen LogP contribution in [0.2, 0.25) is 10.0 Å². The molecule has 2 aromatic carbocycles. The lowest BCUT2D eigenvalue weighted by Gasteiger charge is -2.10. The van der Waals surface area contributed by atoms with Gasteiger partial charge in [0.15, 0.2) is 11.5 Å². The molecule has 0 fully saturated rings. The van der Waals surface area contributed by atoms with Crippen LogP contribution >= 0.6 is 23.2 Å². The van der Waals surface area contributed by atoms with Gasteiger partial charge >= 0.3 is 0 Å². The van der Waals surface area contributed by atoms with E-state index in [1.165, 1.54) is 0 Å². The first-order valence-corrected chi connectivity index (χ1v) is 8.47. The molecule has 4 rings (SSSR count). The van der Waals surface area contributed by atoms with Gasteiger partial charge < -0.3 is 19.4 Å². The van der Waals surface area contributed by atoms with Crippen molar-refractivity contribution in [1.82, 2.24) is 9.55 Å². The van der Waals surface area contributed by atoms with Crippen LogP contribution in [0.25, 0.3) is 11.3 Å². The fourth-order valence-corrected chi connectivity index (χ4v) is 3.14. The molecule has 1 aliphatic heterocycles. The second kappa shape index (κ2) is 6.50. The van der Waals surface area contributed by atoms with Crippen LogP contribution in [0.4, 0.5) is 5.95 Å². The van der Waals surface area contributed by atoms with E-state index in [4.69, 9.17) is 32.7 Å². The molecule has 1 aliphatic rings. The third kappa shape index (κ3) is 3.01. The monoisotopic (exact) mass is 375 g/mol. The van der Waals surface area contributed by atoms with Crippen molar-refractivity contribution in [3.63, 3.8) is 0 Å². The summed E-state index contributed by atoms with van der Waals surface area (Å²) in [4.78, 5) is 4.46. The molecule has 7 heteroatoms. The second-order valence-electron chi connectivity index (χ2n) is 5.66. The van der Waals surface area contributed by atoms with E-state index in [1.807, 2.05) is 48.1 Å². The number of nitrogens with zero attached hydrogens (tertiary/aromatic N) is 2. The van der Waals surface area contributed by atoms with Crippen molar-refractivity contribution < 1.29 is 9.47 Å². The molecule has 0 spiro atoms. The Bertz CT molecular complexity index is 940. The zero-order chi connectivity index (χ0) is 17.4. The highest BCUT2D eigenvalue weighted by atomic mass is 35.5. The van der Waals surface area contributed by atoms with Gasteiger partial charge in [0, 0.05) is 19.2 Å². The van der Waals surface area contributed by atoms with Gasteiger partial charge in [-0.2, -0.15) is 0 Å². The molecule has 0 saturated heterocycles. The topological polar surface area (TPSA) is 48.3 Å². The average Bonchev–Trinajstić information content (AvgIpc) is 3.22. The maximum absolute atomic E-state index is 6.23. The number of halogens is 2. The molecule has 25 heavy (non-hydrogen) atoms. The van der Waals surface area contributed by atoms with Crippen LogP contribution in [0, 0.1) is 0 Å². The molecule has 0 bridgehead atoms. The molecule has 0 atom stereocenters. The van der Waals surface area contributed by atoms with Crippen LogP contribution < -0.4 is 14.8 Å². The third-order valence-electron chi connectivity index (χ3n) is 4.13. The minimum atomic E-state index is 0.261. The smallest absolute Gasteiger partial charge is 0.231 e. The van der Waals surface area contributed by atoms with Gasteiger partial charge in [-0.1, -0.05) is 35.3 Å². The summed E-state index contributed by atoms with van der Waals surface area (Å²) in [6, 6.07) is 11.4. The minimum Gasteiger partial charge on any atom is -0.454 e. The van der Waals surface area contributed by atoms with Crippen LogP contribution in [0.5, 0.6) is 11.5 Å². The second-order valence-corrected chi connectivity index (χ2v) is 6.45. The van der Waals surface area contributed by atoms with E-state index in [0.717, 1.165) is 34.3 Å². The highest BCUT2D eigenvalue weighted by molar-refractivity contribution is 6.42. The Morgan fingerprint density at radius 2 is 2.00 bits per heavy atom. The summed E-state index contributed by atoms with van der Waals surface area (Å²) in [6.07, 6.45) is 1.82. The van der Waals surface area contributed by atoms with E-state index in [2.05, 4.69) is 10.3 Å². The number of hydrogen-bond donors (Lipinski definition) is 1. The minimum absolute atomic E-state index is 0.261. The lowest BCUT2D eigenvalue weighted by Crippen LogP contribution is -2.06. The Kier molecular flexibility index (Phi) is 4.19. The SMILES string of the molecule is Cn1c(-c2ccc3c(c2)OCO3)cnc1NCc1cccc(Cl)c1Cl. The Hall–Kier alpha value is -2.37. The summed E-state index contributed by atoms with van der Waals surface area (Å²) in [5.41, 5.74) is 2.90. The molecule has 0 radical (unpaired) electrons. The molecule has 3 aromatic rings. The van der Waals surface area contributed by atoms with E-state index in [-0.39, 0.29) is 6.79 Å². The van der Waals surface area contributed by atoms with Crippen molar-refractivity contribution in [1.29, 1.82) is 0 Å². The summed E-state index contributed by atoms with van der Waals surface area (Å²) < 4.78 is 12.8. The first-order valence-electron chi connectivity index (χ1n) is 7.72. The Balaban J connectivity index is 1.56. The number of rotatable bonds is 4. The molecule has 1 aromatic heterocycles. The molecule has 128 valence electrons. The normalized spacial score (nSPS) is 12.4. The van der Waals surface area contributed by atoms with Crippen molar-refractivity contribution in [3.8, 4) is 22.8 Å². The van der Waals surface area contributed by atoms with Crippen molar-refractivity contribution in [2.24, 2.45) is 7.05 Å². The van der Waals surface area contributed by atoms with E-state index in [1.54, 1.807) is 6.07 Å². The summed E-state index contributed by atoms with van der Waals surface area (Å²) in [5.74, 6) is 2.25. The summed E-state index contributed by atoms with van der Waals surface area (Å²) in [6.45, 7) is 0.794. The Morgan fingerprint density at radius 1 is 1.16 bits per heavy atom. The Labute approximate surface area is 155 Å². The summed E-state index contributed by atoms with van der Waals surface area (Å²) in [5, 5.41) is 4.39. The van der Waals surface area contributed by atoms with E-state index >= 15 is 0 Å². The van der Waals surface area contributed by atoms with Gasteiger partial charge in [0.05, 0.1) is 21.9 Å². The fraction of sp³-hybridized carbons (Fsp3) is 0.167. The lowest BCUT2D eigenvalue weighted by atomic mass is 10.1. The van der Waals surface area contributed by atoms with Crippen LogP contribution in [0.15, 0.2) is 42.6 Å². The molecule has 0 unspecified atom stereocenters. The fourth-order valence-electron chi connectivity index (χ4n) is 2.76. The van der Waals surface area contributed by atoms with Crippen molar-refractivity contribution in [2.75, 3.05) is 12.1 Å². The number of hydrogen-bond acceptors (Lipinski definition) is 4. The van der Waals surface area contributed by atoms with Gasteiger partial charge in [-0.25, -0.2) is 4.98 Å². The zero-order valence-electron chi connectivity index (χ0n) is 13.4. The van der Waals surface area contributed by atoms with Gasteiger partial charge in [0.2, 0.25) is 12.7 Å². The van der Waals surface area contributed by atoms with E-state index in [9.17, 15) is 0 Å². The molecule has 0 amide bonds. The van der Waals surface area contributed by atoms with Crippen LogP contribution in [0.3, 0.4) is 0 Å². The van der Waals surface area contributed by atoms with Crippen LogP contribution in [-0.4, -0.2) is 16.3 Å². The maximum Gasteiger partial charge on any atom is 0.231 e. The Morgan fingerprint density at radius 3 is 2.88 bits per heavy atom. The predicted molar refractivity (Wildman–Crippen MR) is 98.6 cm³/mol. The lowest BCUT2D eigenvalue weighted by molar-refractivity contribution is 0.174. The molecular weight excluding hydrogens is 361 g/mol. The average molecular weight is 376 g/mol. The van der Waals surface area contributed by atoms with Gasteiger partial charge in [0.25, 0.3) is 0 Å². The summed E-state index contributed by atoms with van der Waals surface area (Å²) >= 11 is 12.3. The van der Waals surface area contributed by atoms with E-state index < -0.39 is 0 Å². The third-order valence-corrected chi connectivity index (χ3v) is 4.98. The highest BCUT2D eigenvalue weighted by Gasteiger charge is 2.16. The van der Waals surface area contributed by atoms with Crippen LogP contribution in [-0.2, 0) is 13.6 Å². The van der Waals surface area contributed by atoms with Crippen molar-refractivity contribution in [2.45, 2.75) is 6.54 Å². The number of benzene rings is 2. The number of anilines is 1. The molecule has 0 aliphatic carbocycles. The number of aromatic nitrogens is 2.